The summed E-state index contributed by atoms with van der Waals surface area (Å²) in [5, 5.41) is 0.696. The lowest BCUT2D eigenvalue weighted by atomic mass is 10.1. The Morgan fingerprint density at radius 3 is 3.06 bits per heavy atom. The van der Waals surface area contributed by atoms with E-state index in [1.807, 2.05) is 18.2 Å². The number of piperidine rings is 1. The van der Waals surface area contributed by atoms with Gasteiger partial charge in [-0.2, -0.15) is 0 Å². The highest BCUT2D eigenvalue weighted by Gasteiger charge is 2.20. The molecule has 100 valence electrons. The molecule has 0 radical (unpaired) electrons. The van der Waals surface area contributed by atoms with Crippen molar-refractivity contribution < 1.29 is 4.74 Å². The van der Waals surface area contributed by atoms with Gasteiger partial charge >= 0.3 is 0 Å². The molecular weight excluding hydrogens is 248 g/mol. The monoisotopic (exact) mass is 268 g/mol. The average molecular weight is 269 g/mol. The topological polar surface area (TPSA) is 38.5 Å². The molecule has 1 heterocycles. The predicted octanol–water partition coefficient (Wildman–Crippen LogP) is 2.92. The fraction of sp³-hybridized carbons (Fsp3) is 0.571. The van der Waals surface area contributed by atoms with E-state index in [0.29, 0.717) is 11.1 Å². The van der Waals surface area contributed by atoms with Crippen LogP contribution >= 0.6 is 11.6 Å². The number of hydrogen-bond acceptors (Lipinski definition) is 3. The van der Waals surface area contributed by atoms with Gasteiger partial charge in [0.2, 0.25) is 0 Å². The van der Waals surface area contributed by atoms with E-state index < -0.39 is 0 Å². The lowest BCUT2D eigenvalue weighted by Gasteiger charge is -2.32. The van der Waals surface area contributed by atoms with E-state index >= 15 is 0 Å². The van der Waals surface area contributed by atoms with Crippen molar-refractivity contribution >= 4 is 17.3 Å². The second kappa shape index (κ2) is 6.41. The van der Waals surface area contributed by atoms with E-state index in [0.717, 1.165) is 37.5 Å². The third-order valence-electron chi connectivity index (χ3n) is 3.37. The largest absolute Gasteiger partial charge is 0.398 e. The molecule has 1 aromatic rings. The van der Waals surface area contributed by atoms with Crippen LogP contribution in [0.2, 0.25) is 5.02 Å². The lowest BCUT2D eigenvalue weighted by molar-refractivity contribution is 0.00368. The minimum Gasteiger partial charge on any atom is -0.398 e. The summed E-state index contributed by atoms with van der Waals surface area (Å²) in [7, 11) is 0. The first-order chi connectivity index (χ1) is 8.69. The smallest absolute Gasteiger partial charge is 0.0702 e. The molecule has 0 saturated carbocycles. The van der Waals surface area contributed by atoms with Gasteiger partial charge in [-0.05, 0) is 44.0 Å². The zero-order valence-corrected chi connectivity index (χ0v) is 11.6. The van der Waals surface area contributed by atoms with Gasteiger partial charge in [-0.3, -0.25) is 4.90 Å². The van der Waals surface area contributed by atoms with Crippen molar-refractivity contribution in [3.05, 3.63) is 28.8 Å². The number of nitrogen functional groups attached to an aromatic ring is 1. The SMILES string of the molecule is CCOC1CCCN(Cc2ccc(Cl)cc2N)C1. The van der Waals surface area contributed by atoms with Crippen LogP contribution in [0.25, 0.3) is 0 Å². The van der Waals surface area contributed by atoms with E-state index in [-0.39, 0.29) is 0 Å². The highest BCUT2D eigenvalue weighted by atomic mass is 35.5. The van der Waals surface area contributed by atoms with Gasteiger partial charge in [-0.1, -0.05) is 17.7 Å². The quantitative estimate of drug-likeness (QED) is 0.854. The molecule has 2 rings (SSSR count). The number of rotatable bonds is 4. The second-order valence-electron chi connectivity index (χ2n) is 4.80. The second-order valence-corrected chi connectivity index (χ2v) is 5.23. The molecule has 3 nitrogen and oxygen atoms in total. The average Bonchev–Trinajstić information content (AvgIpc) is 2.34. The molecule has 0 aromatic heterocycles. The van der Waals surface area contributed by atoms with Gasteiger partial charge in [0.1, 0.15) is 0 Å². The Morgan fingerprint density at radius 2 is 2.33 bits per heavy atom. The van der Waals surface area contributed by atoms with Crippen LogP contribution in [0.1, 0.15) is 25.3 Å². The summed E-state index contributed by atoms with van der Waals surface area (Å²) in [4.78, 5) is 2.41. The van der Waals surface area contributed by atoms with Gasteiger partial charge in [-0.25, -0.2) is 0 Å². The van der Waals surface area contributed by atoms with Crippen LogP contribution in [0.4, 0.5) is 5.69 Å². The summed E-state index contributed by atoms with van der Waals surface area (Å²) in [6, 6.07) is 5.74. The van der Waals surface area contributed by atoms with Crippen LogP contribution in [0, 0.1) is 0 Å². The molecule has 1 aliphatic rings. The van der Waals surface area contributed by atoms with Crippen LogP contribution in [0.15, 0.2) is 18.2 Å². The molecule has 18 heavy (non-hydrogen) atoms. The van der Waals surface area contributed by atoms with Gasteiger partial charge in [0.25, 0.3) is 0 Å². The van der Waals surface area contributed by atoms with Gasteiger partial charge < -0.3 is 10.5 Å². The molecular formula is C14H21ClN2O. The van der Waals surface area contributed by atoms with Crippen LogP contribution < -0.4 is 5.73 Å². The van der Waals surface area contributed by atoms with Gasteiger partial charge in [0.15, 0.2) is 0 Å². The first-order valence-electron chi connectivity index (χ1n) is 6.57. The number of benzene rings is 1. The Kier molecular flexibility index (Phi) is 4.87. The van der Waals surface area contributed by atoms with Crippen molar-refractivity contribution in [3.63, 3.8) is 0 Å². The third-order valence-corrected chi connectivity index (χ3v) is 3.60. The Hall–Kier alpha value is -0.770. The van der Waals surface area contributed by atoms with E-state index in [1.165, 1.54) is 12.8 Å². The molecule has 0 bridgehead atoms. The maximum Gasteiger partial charge on any atom is 0.0702 e. The molecule has 1 saturated heterocycles. The molecule has 1 aliphatic heterocycles. The summed E-state index contributed by atoms with van der Waals surface area (Å²) in [5.41, 5.74) is 7.92. The number of nitrogens with two attached hydrogens (primary N) is 1. The van der Waals surface area contributed by atoms with Crippen molar-refractivity contribution in [3.8, 4) is 0 Å². The van der Waals surface area contributed by atoms with Crippen LogP contribution in [-0.2, 0) is 11.3 Å². The summed E-state index contributed by atoms with van der Waals surface area (Å²) in [6.07, 6.45) is 2.73. The molecule has 1 aromatic carbocycles. The molecule has 1 unspecified atom stereocenters. The summed E-state index contributed by atoms with van der Waals surface area (Å²) in [6.45, 7) is 5.84. The maximum absolute atomic E-state index is 5.99. The minimum absolute atomic E-state index is 0.372. The Balaban J connectivity index is 1.96. The van der Waals surface area contributed by atoms with Crippen LogP contribution in [0.5, 0.6) is 0 Å². The minimum atomic E-state index is 0.372. The van der Waals surface area contributed by atoms with E-state index in [1.54, 1.807) is 0 Å². The third kappa shape index (κ3) is 3.61. The van der Waals surface area contributed by atoms with E-state index in [4.69, 9.17) is 22.1 Å². The molecule has 0 aliphatic carbocycles. The Morgan fingerprint density at radius 1 is 1.50 bits per heavy atom. The Bertz CT molecular complexity index is 395. The van der Waals surface area contributed by atoms with Crippen molar-refractivity contribution in [2.24, 2.45) is 0 Å². The molecule has 0 spiro atoms. The van der Waals surface area contributed by atoms with Crippen molar-refractivity contribution in [2.75, 3.05) is 25.4 Å². The van der Waals surface area contributed by atoms with Crippen molar-refractivity contribution in [2.45, 2.75) is 32.4 Å². The van der Waals surface area contributed by atoms with Gasteiger partial charge in [0.05, 0.1) is 6.10 Å². The van der Waals surface area contributed by atoms with Crippen molar-refractivity contribution in [1.82, 2.24) is 4.90 Å². The number of hydrogen-bond donors (Lipinski definition) is 1. The molecule has 1 atom stereocenters. The first kappa shape index (κ1) is 13.7. The van der Waals surface area contributed by atoms with Gasteiger partial charge in [0, 0.05) is 30.4 Å². The molecule has 0 amide bonds. The highest BCUT2D eigenvalue weighted by molar-refractivity contribution is 6.30. The number of anilines is 1. The Labute approximate surface area is 114 Å². The van der Waals surface area contributed by atoms with Crippen LogP contribution in [0.3, 0.4) is 0 Å². The zero-order valence-electron chi connectivity index (χ0n) is 10.9. The number of likely N-dealkylation sites (tertiary alicyclic amines) is 1. The van der Waals surface area contributed by atoms with Gasteiger partial charge in [-0.15, -0.1) is 0 Å². The molecule has 4 heteroatoms. The van der Waals surface area contributed by atoms with Crippen molar-refractivity contribution in [1.29, 1.82) is 0 Å². The summed E-state index contributed by atoms with van der Waals surface area (Å²) >= 11 is 5.91. The number of nitrogens with zero attached hydrogens (tertiary/aromatic N) is 1. The first-order valence-corrected chi connectivity index (χ1v) is 6.94. The van der Waals surface area contributed by atoms with Crippen LogP contribution in [-0.4, -0.2) is 30.7 Å². The fourth-order valence-corrected chi connectivity index (χ4v) is 2.66. The molecule has 1 fully saturated rings. The number of halogens is 1. The maximum atomic E-state index is 5.99. The summed E-state index contributed by atoms with van der Waals surface area (Å²) < 4.78 is 5.71. The standard InChI is InChI=1S/C14H21ClN2O/c1-2-18-13-4-3-7-17(10-13)9-11-5-6-12(15)8-14(11)16/h5-6,8,13H,2-4,7,9-10,16H2,1H3. The highest BCUT2D eigenvalue weighted by Crippen LogP contribution is 2.22. The van der Waals surface area contributed by atoms with E-state index in [9.17, 15) is 0 Å². The molecule has 2 N–H and O–H groups in total. The normalized spacial score (nSPS) is 21.1. The zero-order chi connectivity index (χ0) is 13.0. The van der Waals surface area contributed by atoms with E-state index in [2.05, 4.69) is 11.8 Å². The fourth-order valence-electron chi connectivity index (χ4n) is 2.48. The lowest BCUT2D eigenvalue weighted by Crippen LogP contribution is -2.39. The number of ether oxygens (including phenoxy) is 1. The summed E-state index contributed by atoms with van der Waals surface area (Å²) in [5.74, 6) is 0. The predicted molar refractivity (Wildman–Crippen MR) is 75.8 cm³/mol.